The molecule has 0 N–H and O–H groups in total. The Morgan fingerprint density at radius 2 is 1.83 bits per heavy atom. The number of hydrogen-bond acceptors (Lipinski definition) is 4. The van der Waals surface area contributed by atoms with Crippen LogP contribution in [0, 0.1) is 0 Å². The average molecular weight is 345 g/mol. The van der Waals surface area contributed by atoms with Crippen LogP contribution in [-0.2, 0) is 9.84 Å². The van der Waals surface area contributed by atoms with Crippen LogP contribution in [0.15, 0.2) is 50.5 Å². The first-order valence-corrected chi connectivity index (χ1v) is 8.36. The number of benzene rings is 1. The zero-order valence-corrected chi connectivity index (χ0v) is 12.4. The highest BCUT2D eigenvalue weighted by atomic mass is 79.9. The Hall–Kier alpha value is -0.980. The van der Waals surface area contributed by atoms with E-state index in [9.17, 15) is 13.2 Å². The Labute approximate surface area is 118 Å². The quantitative estimate of drug-likeness (QED) is 0.800. The van der Waals surface area contributed by atoms with Crippen molar-refractivity contribution in [2.45, 2.75) is 4.21 Å². The van der Waals surface area contributed by atoms with Crippen molar-refractivity contribution >= 4 is 42.9 Å². The zero-order valence-electron chi connectivity index (χ0n) is 9.17. The Bertz CT molecular complexity index is 643. The van der Waals surface area contributed by atoms with Gasteiger partial charge in [0.15, 0.2) is 15.6 Å². The van der Waals surface area contributed by atoms with E-state index in [0.29, 0.717) is 5.56 Å². The third kappa shape index (κ3) is 3.07. The van der Waals surface area contributed by atoms with Crippen molar-refractivity contribution in [3.63, 3.8) is 0 Å². The van der Waals surface area contributed by atoms with Gasteiger partial charge in [-0.1, -0.05) is 34.1 Å². The van der Waals surface area contributed by atoms with Crippen LogP contribution in [0.5, 0.6) is 0 Å². The number of carbonyl (C=O) groups excluding carboxylic acids is 1. The summed E-state index contributed by atoms with van der Waals surface area (Å²) in [6.45, 7) is 0. The minimum Gasteiger partial charge on any atom is -0.293 e. The summed E-state index contributed by atoms with van der Waals surface area (Å²) in [5, 5.41) is 1.68. The normalized spacial score (nSPS) is 11.4. The maximum absolute atomic E-state index is 11.9. The van der Waals surface area contributed by atoms with Crippen LogP contribution in [0.4, 0.5) is 0 Å². The molecule has 0 saturated heterocycles. The minimum atomic E-state index is -3.52. The molecule has 1 heterocycles. The van der Waals surface area contributed by atoms with Crippen molar-refractivity contribution in [1.29, 1.82) is 0 Å². The molecule has 0 spiro atoms. The van der Waals surface area contributed by atoms with E-state index in [1.54, 1.807) is 35.7 Å². The largest absolute Gasteiger partial charge is 0.293 e. The number of rotatable bonds is 4. The molecule has 94 valence electrons. The molecule has 0 radical (unpaired) electrons. The van der Waals surface area contributed by atoms with E-state index in [4.69, 9.17) is 0 Å². The number of halogens is 1. The molecule has 0 aliphatic heterocycles. The summed E-state index contributed by atoms with van der Waals surface area (Å²) < 4.78 is 24.9. The molecule has 1 aromatic heterocycles. The van der Waals surface area contributed by atoms with Gasteiger partial charge in [0, 0.05) is 10.0 Å². The highest BCUT2D eigenvalue weighted by Gasteiger charge is 2.21. The fourth-order valence-corrected chi connectivity index (χ4v) is 3.99. The molecule has 2 rings (SSSR count). The van der Waals surface area contributed by atoms with Crippen LogP contribution < -0.4 is 0 Å². The van der Waals surface area contributed by atoms with Gasteiger partial charge in [0.2, 0.25) is 0 Å². The standard InChI is InChI=1S/C12H9BrO3S2/c13-10-5-3-9(4-6-10)11(14)8-18(15,16)12-2-1-7-17-12/h1-7H,8H2. The first-order chi connectivity index (χ1) is 8.49. The van der Waals surface area contributed by atoms with Crippen LogP contribution in [0.1, 0.15) is 10.4 Å². The predicted molar refractivity (Wildman–Crippen MR) is 74.8 cm³/mol. The topological polar surface area (TPSA) is 51.2 Å². The van der Waals surface area contributed by atoms with Gasteiger partial charge in [-0.15, -0.1) is 11.3 Å². The van der Waals surface area contributed by atoms with Crippen LogP contribution in [0.25, 0.3) is 0 Å². The molecular weight excluding hydrogens is 336 g/mol. The summed E-state index contributed by atoms with van der Waals surface area (Å²) in [4.78, 5) is 11.9. The number of sulfone groups is 1. The molecule has 0 bridgehead atoms. The van der Waals surface area contributed by atoms with Crippen molar-refractivity contribution in [1.82, 2.24) is 0 Å². The Morgan fingerprint density at radius 3 is 2.39 bits per heavy atom. The predicted octanol–water partition coefficient (Wildman–Crippen LogP) is 3.17. The van der Waals surface area contributed by atoms with Gasteiger partial charge < -0.3 is 0 Å². The van der Waals surface area contributed by atoms with Crippen molar-refractivity contribution in [2.75, 3.05) is 5.75 Å². The molecule has 0 aliphatic rings. The van der Waals surface area contributed by atoms with Gasteiger partial charge in [-0.2, -0.15) is 0 Å². The van der Waals surface area contributed by atoms with Crippen LogP contribution in [0.2, 0.25) is 0 Å². The Balaban J connectivity index is 2.20. The van der Waals surface area contributed by atoms with Crippen LogP contribution in [0.3, 0.4) is 0 Å². The number of hydrogen-bond donors (Lipinski definition) is 0. The molecule has 1 aromatic carbocycles. The molecule has 0 aliphatic carbocycles. The van der Waals surface area contributed by atoms with Gasteiger partial charge in [0.05, 0.1) is 0 Å². The zero-order chi connectivity index (χ0) is 13.2. The maximum Gasteiger partial charge on any atom is 0.195 e. The summed E-state index contributed by atoms with van der Waals surface area (Å²) in [5.74, 6) is -0.884. The molecule has 0 unspecified atom stereocenters. The van der Waals surface area contributed by atoms with Gasteiger partial charge in [-0.25, -0.2) is 8.42 Å². The molecular formula is C12H9BrO3S2. The third-order valence-corrected chi connectivity index (χ3v) is 5.92. The second kappa shape index (κ2) is 5.34. The van der Waals surface area contributed by atoms with E-state index in [2.05, 4.69) is 15.9 Å². The molecule has 18 heavy (non-hydrogen) atoms. The Kier molecular flexibility index (Phi) is 3.99. The monoisotopic (exact) mass is 344 g/mol. The highest BCUT2D eigenvalue weighted by molar-refractivity contribution is 9.10. The second-order valence-corrected chi connectivity index (χ2v) is 7.70. The molecule has 0 atom stereocenters. The smallest absolute Gasteiger partial charge is 0.195 e. The van der Waals surface area contributed by atoms with E-state index in [1.807, 2.05) is 0 Å². The lowest BCUT2D eigenvalue weighted by Crippen LogP contribution is -2.15. The van der Waals surface area contributed by atoms with Crippen molar-refractivity contribution in [2.24, 2.45) is 0 Å². The van der Waals surface area contributed by atoms with E-state index in [0.717, 1.165) is 15.8 Å². The highest BCUT2D eigenvalue weighted by Crippen LogP contribution is 2.19. The second-order valence-electron chi connectivity index (χ2n) is 3.62. The SMILES string of the molecule is O=C(CS(=O)(=O)c1cccs1)c1ccc(Br)cc1. The molecule has 0 amide bonds. The lowest BCUT2D eigenvalue weighted by Gasteiger charge is -2.02. The summed E-state index contributed by atoms with van der Waals surface area (Å²) >= 11 is 4.38. The summed E-state index contributed by atoms with van der Waals surface area (Å²) in [6, 6.07) is 9.80. The summed E-state index contributed by atoms with van der Waals surface area (Å²) in [6.07, 6.45) is 0. The Morgan fingerprint density at radius 1 is 1.17 bits per heavy atom. The lowest BCUT2D eigenvalue weighted by atomic mass is 10.2. The van der Waals surface area contributed by atoms with E-state index in [1.165, 1.54) is 6.07 Å². The molecule has 0 saturated carbocycles. The van der Waals surface area contributed by atoms with Crippen LogP contribution >= 0.6 is 27.3 Å². The first kappa shape index (κ1) is 13.5. The summed E-state index contributed by atoms with van der Waals surface area (Å²) in [5.41, 5.74) is 0.401. The van der Waals surface area contributed by atoms with Crippen molar-refractivity contribution in [3.05, 3.63) is 51.8 Å². The van der Waals surface area contributed by atoms with E-state index >= 15 is 0 Å². The summed E-state index contributed by atoms with van der Waals surface area (Å²) in [7, 11) is -3.52. The number of thiophene rings is 1. The lowest BCUT2D eigenvalue weighted by molar-refractivity contribution is 0.102. The maximum atomic E-state index is 11.9. The third-order valence-electron chi connectivity index (χ3n) is 2.29. The van der Waals surface area contributed by atoms with Gasteiger partial charge in [-0.3, -0.25) is 4.79 Å². The van der Waals surface area contributed by atoms with Gasteiger partial charge >= 0.3 is 0 Å². The number of carbonyl (C=O) groups is 1. The van der Waals surface area contributed by atoms with Crippen molar-refractivity contribution in [3.8, 4) is 0 Å². The molecule has 3 nitrogen and oxygen atoms in total. The fourth-order valence-electron chi connectivity index (χ4n) is 1.40. The average Bonchev–Trinajstić information content (AvgIpc) is 2.83. The number of Topliss-reactive ketones (excluding diaryl/α,β-unsaturated/α-hetero) is 1. The minimum absolute atomic E-state index is 0.230. The van der Waals surface area contributed by atoms with E-state index in [-0.39, 0.29) is 4.21 Å². The number of ketones is 1. The van der Waals surface area contributed by atoms with E-state index < -0.39 is 21.4 Å². The van der Waals surface area contributed by atoms with Gasteiger partial charge in [0.1, 0.15) is 9.96 Å². The van der Waals surface area contributed by atoms with Crippen molar-refractivity contribution < 1.29 is 13.2 Å². The van der Waals surface area contributed by atoms with Gasteiger partial charge in [-0.05, 0) is 23.6 Å². The fraction of sp³-hybridized carbons (Fsp3) is 0.0833. The first-order valence-electron chi connectivity index (χ1n) is 5.04. The van der Waals surface area contributed by atoms with Gasteiger partial charge in [0.25, 0.3) is 0 Å². The molecule has 6 heteroatoms. The molecule has 0 fully saturated rings. The molecule has 2 aromatic rings. The van der Waals surface area contributed by atoms with Crippen LogP contribution in [-0.4, -0.2) is 20.0 Å².